The van der Waals surface area contributed by atoms with Crippen molar-refractivity contribution >= 4 is 33.5 Å². The minimum Gasteiger partial charge on any atom is -0.325 e. The number of hydrogen-bond donors (Lipinski definition) is 1. The molecular formula is C19H20N4O. The third kappa shape index (κ3) is 2.66. The van der Waals surface area contributed by atoms with Gasteiger partial charge < -0.3 is 10.2 Å². The van der Waals surface area contributed by atoms with Crippen molar-refractivity contribution in [3.8, 4) is 0 Å². The van der Waals surface area contributed by atoms with Gasteiger partial charge in [0.25, 0.3) is 0 Å². The van der Waals surface area contributed by atoms with Crippen LogP contribution in [0.4, 0.5) is 10.5 Å². The first kappa shape index (κ1) is 14.9. The molecule has 3 aromatic rings. The molecule has 0 unspecified atom stereocenters. The zero-order chi connectivity index (χ0) is 16.5. The number of amides is 2. The van der Waals surface area contributed by atoms with E-state index in [-0.39, 0.29) is 6.03 Å². The van der Waals surface area contributed by atoms with Gasteiger partial charge >= 0.3 is 6.03 Å². The topological polar surface area (TPSA) is 58.1 Å². The first-order chi connectivity index (χ1) is 11.7. The second-order valence-corrected chi connectivity index (χ2v) is 6.50. The molecular weight excluding hydrogens is 300 g/mol. The van der Waals surface area contributed by atoms with Gasteiger partial charge in [0.15, 0.2) is 0 Å². The number of aromatic nitrogens is 2. The number of likely N-dealkylation sites (tertiary alicyclic amines) is 1. The van der Waals surface area contributed by atoms with Crippen molar-refractivity contribution < 1.29 is 4.79 Å². The molecule has 2 aromatic heterocycles. The normalized spacial score (nSPS) is 15.8. The van der Waals surface area contributed by atoms with E-state index < -0.39 is 0 Å². The summed E-state index contributed by atoms with van der Waals surface area (Å²) in [4.78, 5) is 23.4. The summed E-state index contributed by atoms with van der Waals surface area (Å²) in [7, 11) is 0. The smallest absolute Gasteiger partial charge is 0.321 e. The van der Waals surface area contributed by atoms with E-state index in [1.807, 2.05) is 35.2 Å². The summed E-state index contributed by atoms with van der Waals surface area (Å²) < 4.78 is 0. The zero-order valence-corrected chi connectivity index (χ0v) is 13.7. The van der Waals surface area contributed by atoms with Crippen molar-refractivity contribution in [2.24, 2.45) is 5.92 Å². The molecule has 1 N–H and O–H groups in total. The van der Waals surface area contributed by atoms with Crippen LogP contribution in [0.15, 0.2) is 42.7 Å². The highest BCUT2D eigenvalue weighted by Gasteiger charge is 2.21. The number of anilines is 1. The maximum Gasteiger partial charge on any atom is 0.321 e. The Bertz CT molecular complexity index is 900. The van der Waals surface area contributed by atoms with Crippen LogP contribution in [0.25, 0.3) is 21.8 Å². The van der Waals surface area contributed by atoms with Crippen molar-refractivity contribution in [3.63, 3.8) is 0 Å². The average molecular weight is 320 g/mol. The summed E-state index contributed by atoms with van der Waals surface area (Å²) in [6, 6.07) is 9.72. The molecule has 0 spiro atoms. The van der Waals surface area contributed by atoms with Gasteiger partial charge in [-0.2, -0.15) is 0 Å². The standard InChI is InChI=1S/C19H20N4O/c1-13-6-10-23(11-7-13)19(24)22-16-12-14-4-2-8-20-17(14)15-5-3-9-21-18(15)16/h2-5,8-9,12-13H,6-7,10-11H2,1H3,(H,22,24). The number of carbonyl (C=O) groups excluding carboxylic acids is 1. The molecule has 0 saturated carbocycles. The van der Waals surface area contributed by atoms with E-state index >= 15 is 0 Å². The van der Waals surface area contributed by atoms with E-state index in [0.29, 0.717) is 5.92 Å². The molecule has 122 valence electrons. The van der Waals surface area contributed by atoms with Crippen LogP contribution in [-0.2, 0) is 0 Å². The molecule has 0 atom stereocenters. The second-order valence-electron chi connectivity index (χ2n) is 6.50. The third-order valence-corrected chi connectivity index (χ3v) is 4.77. The molecule has 4 rings (SSSR count). The Balaban J connectivity index is 1.71. The van der Waals surface area contributed by atoms with Crippen LogP contribution in [0.5, 0.6) is 0 Å². The monoisotopic (exact) mass is 320 g/mol. The fraction of sp³-hybridized carbons (Fsp3) is 0.316. The van der Waals surface area contributed by atoms with Gasteiger partial charge in [-0.25, -0.2) is 4.79 Å². The van der Waals surface area contributed by atoms with Crippen LogP contribution < -0.4 is 5.32 Å². The number of benzene rings is 1. The van der Waals surface area contributed by atoms with Crippen molar-refractivity contribution in [1.82, 2.24) is 14.9 Å². The maximum absolute atomic E-state index is 12.6. The number of nitrogens with one attached hydrogen (secondary N) is 1. The van der Waals surface area contributed by atoms with Gasteiger partial charge in [0.05, 0.1) is 16.7 Å². The predicted octanol–water partition coefficient (Wildman–Crippen LogP) is 4.05. The zero-order valence-electron chi connectivity index (χ0n) is 13.7. The number of urea groups is 1. The van der Waals surface area contributed by atoms with Gasteiger partial charge in [0.2, 0.25) is 0 Å². The number of piperidine rings is 1. The van der Waals surface area contributed by atoms with Gasteiger partial charge in [-0.05, 0) is 43.0 Å². The van der Waals surface area contributed by atoms with Crippen LogP contribution in [0.1, 0.15) is 19.8 Å². The Morgan fingerprint density at radius 2 is 1.83 bits per heavy atom. The quantitative estimate of drug-likeness (QED) is 0.688. The molecule has 1 aromatic carbocycles. The van der Waals surface area contributed by atoms with Gasteiger partial charge in [-0.15, -0.1) is 0 Å². The molecule has 0 bridgehead atoms. The van der Waals surface area contributed by atoms with E-state index in [9.17, 15) is 4.79 Å². The lowest BCUT2D eigenvalue weighted by Gasteiger charge is -2.30. The molecule has 1 saturated heterocycles. The molecule has 1 aliphatic rings. The van der Waals surface area contributed by atoms with Crippen LogP contribution in [-0.4, -0.2) is 34.0 Å². The Labute approximate surface area is 140 Å². The lowest BCUT2D eigenvalue weighted by Crippen LogP contribution is -2.40. The highest BCUT2D eigenvalue weighted by molar-refractivity contribution is 6.11. The summed E-state index contributed by atoms with van der Waals surface area (Å²) in [5.74, 6) is 0.697. The van der Waals surface area contributed by atoms with E-state index in [4.69, 9.17) is 0 Å². The van der Waals surface area contributed by atoms with Crippen LogP contribution in [0, 0.1) is 5.92 Å². The number of rotatable bonds is 1. The molecule has 24 heavy (non-hydrogen) atoms. The molecule has 1 aliphatic heterocycles. The summed E-state index contributed by atoms with van der Waals surface area (Å²) in [6.07, 6.45) is 5.65. The minimum absolute atomic E-state index is 0.0444. The number of nitrogens with zero attached hydrogens (tertiary/aromatic N) is 3. The molecule has 0 aliphatic carbocycles. The van der Waals surface area contributed by atoms with E-state index in [1.165, 1.54) is 0 Å². The summed E-state index contributed by atoms with van der Waals surface area (Å²) in [5.41, 5.74) is 2.43. The van der Waals surface area contributed by atoms with Crippen molar-refractivity contribution in [2.45, 2.75) is 19.8 Å². The highest BCUT2D eigenvalue weighted by Crippen LogP contribution is 2.29. The Morgan fingerprint density at radius 3 is 2.62 bits per heavy atom. The van der Waals surface area contributed by atoms with Crippen molar-refractivity contribution in [3.05, 3.63) is 42.7 Å². The average Bonchev–Trinajstić information content (AvgIpc) is 2.62. The highest BCUT2D eigenvalue weighted by atomic mass is 16.2. The van der Waals surface area contributed by atoms with Crippen LogP contribution in [0.3, 0.4) is 0 Å². The maximum atomic E-state index is 12.6. The van der Waals surface area contributed by atoms with E-state index in [1.54, 1.807) is 12.4 Å². The van der Waals surface area contributed by atoms with Crippen molar-refractivity contribution in [1.29, 1.82) is 0 Å². The lowest BCUT2D eigenvalue weighted by molar-refractivity contribution is 0.186. The minimum atomic E-state index is -0.0444. The lowest BCUT2D eigenvalue weighted by atomic mass is 10.00. The SMILES string of the molecule is CC1CCN(C(=O)Nc2cc3cccnc3c3cccnc23)CC1. The molecule has 5 nitrogen and oxygen atoms in total. The number of carbonyl (C=O) groups is 1. The summed E-state index contributed by atoms with van der Waals surface area (Å²) in [5, 5.41) is 5.02. The van der Waals surface area contributed by atoms with Crippen molar-refractivity contribution in [2.75, 3.05) is 18.4 Å². The first-order valence-corrected chi connectivity index (χ1v) is 8.41. The molecule has 2 amide bonds. The fourth-order valence-electron chi connectivity index (χ4n) is 3.30. The van der Waals surface area contributed by atoms with Crippen LogP contribution >= 0.6 is 0 Å². The van der Waals surface area contributed by atoms with Gasteiger partial charge in [-0.1, -0.05) is 13.0 Å². The Kier molecular flexibility index (Phi) is 3.76. The summed E-state index contributed by atoms with van der Waals surface area (Å²) >= 11 is 0. The van der Waals surface area contributed by atoms with Gasteiger partial charge in [-0.3, -0.25) is 9.97 Å². The number of fused-ring (bicyclic) bond motifs is 3. The van der Waals surface area contributed by atoms with E-state index in [2.05, 4.69) is 22.2 Å². The van der Waals surface area contributed by atoms with E-state index in [0.717, 1.165) is 53.4 Å². The molecule has 3 heterocycles. The summed E-state index contributed by atoms with van der Waals surface area (Å²) in [6.45, 7) is 3.87. The molecule has 0 radical (unpaired) electrons. The predicted molar refractivity (Wildman–Crippen MR) is 96.0 cm³/mol. The fourth-order valence-corrected chi connectivity index (χ4v) is 3.30. The second kappa shape index (κ2) is 6.07. The largest absolute Gasteiger partial charge is 0.325 e. The molecule has 5 heteroatoms. The van der Waals surface area contributed by atoms with Gasteiger partial charge in [0.1, 0.15) is 0 Å². The first-order valence-electron chi connectivity index (χ1n) is 8.41. The molecule has 1 fully saturated rings. The Morgan fingerprint density at radius 1 is 1.12 bits per heavy atom. The third-order valence-electron chi connectivity index (χ3n) is 4.77. The Hall–Kier alpha value is -2.69. The number of pyridine rings is 2. The van der Waals surface area contributed by atoms with Crippen LogP contribution in [0.2, 0.25) is 0 Å². The van der Waals surface area contributed by atoms with Gasteiger partial charge in [0, 0.05) is 36.3 Å². The number of hydrogen-bond acceptors (Lipinski definition) is 3.